The number of likely N-dealkylation sites (N-methyl/N-ethyl adjacent to an activating group) is 1. The predicted molar refractivity (Wildman–Crippen MR) is 85.1 cm³/mol. The molecular formula is C16H28N4. The average molecular weight is 276 g/mol. The van der Waals surface area contributed by atoms with Gasteiger partial charge in [0, 0.05) is 44.0 Å². The first kappa shape index (κ1) is 15.3. The zero-order valence-electron chi connectivity index (χ0n) is 13.5. The van der Waals surface area contributed by atoms with Crippen molar-refractivity contribution in [1.82, 2.24) is 15.2 Å². The third-order valence-corrected chi connectivity index (χ3v) is 3.76. The molecule has 1 aromatic rings. The number of nitrogens with one attached hydrogen (secondary N) is 1. The van der Waals surface area contributed by atoms with Gasteiger partial charge in [0.1, 0.15) is 5.82 Å². The summed E-state index contributed by atoms with van der Waals surface area (Å²) in [4.78, 5) is 9.43. The van der Waals surface area contributed by atoms with Crippen molar-refractivity contribution in [3.8, 4) is 0 Å². The SMILES string of the molecule is CC1CN(C)CCN1c1ccc(CNC(C)(C)C)cn1. The van der Waals surface area contributed by atoms with Crippen LogP contribution >= 0.6 is 0 Å². The fourth-order valence-corrected chi connectivity index (χ4v) is 2.54. The van der Waals surface area contributed by atoms with Crippen LogP contribution < -0.4 is 10.2 Å². The van der Waals surface area contributed by atoms with Gasteiger partial charge < -0.3 is 15.1 Å². The number of aromatic nitrogens is 1. The second-order valence-corrected chi connectivity index (χ2v) is 6.93. The Morgan fingerprint density at radius 2 is 2.05 bits per heavy atom. The second-order valence-electron chi connectivity index (χ2n) is 6.93. The van der Waals surface area contributed by atoms with Crippen LogP contribution in [0.2, 0.25) is 0 Å². The van der Waals surface area contributed by atoms with Crippen molar-refractivity contribution in [3.05, 3.63) is 23.9 Å². The van der Waals surface area contributed by atoms with Crippen LogP contribution in [0.3, 0.4) is 0 Å². The van der Waals surface area contributed by atoms with Crippen molar-refractivity contribution in [1.29, 1.82) is 0 Å². The average Bonchev–Trinajstić information content (AvgIpc) is 2.36. The smallest absolute Gasteiger partial charge is 0.128 e. The van der Waals surface area contributed by atoms with Gasteiger partial charge in [-0.15, -0.1) is 0 Å². The minimum Gasteiger partial charge on any atom is -0.351 e. The maximum absolute atomic E-state index is 4.65. The van der Waals surface area contributed by atoms with E-state index in [1.165, 1.54) is 5.56 Å². The van der Waals surface area contributed by atoms with E-state index in [9.17, 15) is 0 Å². The molecule has 4 heteroatoms. The molecule has 2 rings (SSSR count). The molecule has 0 aliphatic carbocycles. The lowest BCUT2D eigenvalue weighted by molar-refractivity contribution is 0.274. The van der Waals surface area contributed by atoms with Crippen molar-refractivity contribution in [3.63, 3.8) is 0 Å². The van der Waals surface area contributed by atoms with E-state index in [0.717, 1.165) is 32.0 Å². The van der Waals surface area contributed by atoms with Gasteiger partial charge in [-0.25, -0.2) is 4.98 Å². The fourth-order valence-electron chi connectivity index (χ4n) is 2.54. The molecule has 1 fully saturated rings. The summed E-state index contributed by atoms with van der Waals surface area (Å²) in [5.74, 6) is 1.10. The van der Waals surface area contributed by atoms with Crippen LogP contribution in [-0.4, -0.2) is 48.1 Å². The van der Waals surface area contributed by atoms with E-state index in [4.69, 9.17) is 0 Å². The van der Waals surface area contributed by atoms with Crippen LogP contribution in [0.5, 0.6) is 0 Å². The monoisotopic (exact) mass is 276 g/mol. The Hall–Kier alpha value is -1.13. The summed E-state index contributed by atoms with van der Waals surface area (Å²) in [6.07, 6.45) is 2.00. The quantitative estimate of drug-likeness (QED) is 0.916. The minimum atomic E-state index is 0.143. The van der Waals surface area contributed by atoms with Crippen LogP contribution in [0.25, 0.3) is 0 Å². The van der Waals surface area contributed by atoms with Crippen molar-refractivity contribution in [2.24, 2.45) is 0 Å². The largest absolute Gasteiger partial charge is 0.351 e. The van der Waals surface area contributed by atoms with Gasteiger partial charge in [0.25, 0.3) is 0 Å². The summed E-state index contributed by atoms with van der Waals surface area (Å²) in [7, 11) is 2.18. The lowest BCUT2D eigenvalue weighted by Gasteiger charge is -2.39. The fraction of sp³-hybridized carbons (Fsp3) is 0.688. The second kappa shape index (κ2) is 6.10. The molecule has 0 amide bonds. The van der Waals surface area contributed by atoms with Crippen LogP contribution in [0, 0.1) is 0 Å². The Balaban J connectivity index is 1.97. The Labute approximate surface area is 123 Å². The zero-order valence-corrected chi connectivity index (χ0v) is 13.5. The number of hydrogen-bond acceptors (Lipinski definition) is 4. The first-order chi connectivity index (χ1) is 9.35. The molecule has 2 heterocycles. The first-order valence-corrected chi connectivity index (χ1v) is 7.50. The molecule has 1 atom stereocenters. The van der Waals surface area contributed by atoms with Gasteiger partial charge in [-0.3, -0.25) is 0 Å². The van der Waals surface area contributed by atoms with E-state index in [2.05, 4.69) is 67.0 Å². The minimum absolute atomic E-state index is 0.143. The van der Waals surface area contributed by atoms with E-state index in [1.807, 2.05) is 6.20 Å². The van der Waals surface area contributed by atoms with E-state index in [1.54, 1.807) is 0 Å². The molecule has 0 radical (unpaired) electrons. The van der Waals surface area contributed by atoms with Gasteiger partial charge >= 0.3 is 0 Å². The molecule has 4 nitrogen and oxygen atoms in total. The zero-order chi connectivity index (χ0) is 14.8. The first-order valence-electron chi connectivity index (χ1n) is 7.50. The maximum atomic E-state index is 4.65. The highest BCUT2D eigenvalue weighted by Gasteiger charge is 2.22. The van der Waals surface area contributed by atoms with Crippen LogP contribution in [0.15, 0.2) is 18.3 Å². The van der Waals surface area contributed by atoms with Gasteiger partial charge in [-0.1, -0.05) is 6.07 Å². The predicted octanol–water partition coefficient (Wildman–Crippen LogP) is 2.11. The highest BCUT2D eigenvalue weighted by atomic mass is 15.3. The molecule has 0 spiro atoms. The number of nitrogens with zero attached hydrogens (tertiary/aromatic N) is 3. The number of pyridine rings is 1. The molecule has 1 aliphatic heterocycles. The molecule has 1 saturated heterocycles. The molecule has 112 valence electrons. The highest BCUT2D eigenvalue weighted by molar-refractivity contribution is 5.41. The third kappa shape index (κ3) is 4.18. The Morgan fingerprint density at radius 3 is 2.60 bits per heavy atom. The Bertz CT molecular complexity index is 421. The summed E-state index contributed by atoms with van der Waals surface area (Å²) in [5, 5.41) is 3.49. The number of hydrogen-bond donors (Lipinski definition) is 1. The Kier molecular flexibility index (Phi) is 4.66. The van der Waals surface area contributed by atoms with Gasteiger partial charge in [-0.2, -0.15) is 0 Å². The molecule has 20 heavy (non-hydrogen) atoms. The molecule has 1 aliphatic rings. The third-order valence-electron chi connectivity index (χ3n) is 3.76. The van der Waals surface area contributed by atoms with Crippen molar-refractivity contribution in [2.45, 2.75) is 45.8 Å². The summed E-state index contributed by atoms with van der Waals surface area (Å²) in [5.41, 5.74) is 1.38. The Morgan fingerprint density at radius 1 is 1.30 bits per heavy atom. The normalized spacial score (nSPS) is 21.2. The lowest BCUT2D eigenvalue weighted by Crippen LogP contribution is -2.50. The summed E-state index contributed by atoms with van der Waals surface area (Å²) in [6, 6.07) is 4.87. The van der Waals surface area contributed by atoms with Gasteiger partial charge in [0.2, 0.25) is 0 Å². The van der Waals surface area contributed by atoms with E-state index in [0.29, 0.717) is 6.04 Å². The molecule has 1 N–H and O–H groups in total. The van der Waals surface area contributed by atoms with E-state index < -0.39 is 0 Å². The van der Waals surface area contributed by atoms with Crippen molar-refractivity contribution in [2.75, 3.05) is 31.6 Å². The molecular weight excluding hydrogens is 248 g/mol. The molecule has 0 aromatic carbocycles. The van der Waals surface area contributed by atoms with Crippen molar-refractivity contribution < 1.29 is 0 Å². The molecule has 0 saturated carbocycles. The number of rotatable bonds is 3. The summed E-state index contributed by atoms with van der Waals surface area (Å²) in [6.45, 7) is 13.0. The van der Waals surface area contributed by atoms with Gasteiger partial charge in [0.15, 0.2) is 0 Å². The summed E-state index contributed by atoms with van der Waals surface area (Å²) < 4.78 is 0. The van der Waals surface area contributed by atoms with E-state index >= 15 is 0 Å². The topological polar surface area (TPSA) is 31.4 Å². The number of piperazine rings is 1. The van der Waals surface area contributed by atoms with Gasteiger partial charge in [-0.05, 0) is 46.4 Å². The standard InChI is InChI=1S/C16H28N4/c1-13-12-19(5)8-9-20(13)15-7-6-14(10-17-15)11-18-16(2,3)4/h6-7,10,13,18H,8-9,11-12H2,1-5H3. The molecule has 1 aromatic heterocycles. The lowest BCUT2D eigenvalue weighted by atomic mass is 10.1. The summed E-state index contributed by atoms with van der Waals surface area (Å²) >= 11 is 0. The van der Waals surface area contributed by atoms with Crippen LogP contribution in [0.1, 0.15) is 33.3 Å². The molecule has 1 unspecified atom stereocenters. The molecule has 0 bridgehead atoms. The van der Waals surface area contributed by atoms with Crippen LogP contribution in [-0.2, 0) is 6.54 Å². The highest BCUT2D eigenvalue weighted by Crippen LogP contribution is 2.18. The van der Waals surface area contributed by atoms with Crippen LogP contribution in [0.4, 0.5) is 5.82 Å². The van der Waals surface area contributed by atoms with Gasteiger partial charge in [0.05, 0.1) is 0 Å². The maximum Gasteiger partial charge on any atom is 0.128 e. The van der Waals surface area contributed by atoms with E-state index in [-0.39, 0.29) is 5.54 Å². The number of anilines is 1. The van der Waals surface area contributed by atoms with Crippen molar-refractivity contribution >= 4 is 5.82 Å².